The third-order valence-corrected chi connectivity index (χ3v) is 3.24. The van der Waals surface area contributed by atoms with Crippen molar-refractivity contribution >= 4 is 0 Å². The molecule has 1 aromatic rings. The summed E-state index contributed by atoms with van der Waals surface area (Å²) < 4.78 is 38.7. The monoisotopic (exact) mass is 275 g/mol. The second kappa shape index (κ2) is 6.89. The average molecular weight is 275 g/mol. The first kappa shape index (κ1) is 16.0. The number of aromatic nitrogens is 1. The first-order valence-electron chi connectivity index (χ1n) is 6.60. The molecule has 0 spiro atoms. The Morgan fingerprint density at radius 3 is 2.26 bits per heavy atom. The largest absolute Gasteiger partial charge is 0.416 e. The number of aliphatic hydroxyl groups excluding tert-OH is 1. The van der Waals surface area contributed by atoms with Gasteiger partial charge in [0.1, 0.15) is 0 Å². The number of hydrogen-bond donors (Lipinski definition) is 1. The predicted octanol–water partition coefficient (Wildman–Crippen LogP) is 4.35. The van der Waals surface area contributed by atoms with Gasteiger partial charge in [0.25, 0.3) is 0 Å². The van der Waals surface area contributed by atoms with Crippen LogP contribution >= 0.6 is 0 Å². The molecule has 5 heteroatoms. The molecule has 0 aromatic carbocycles. The summed E-state index contributed by atoms with van der Waals surface area (Å²) in [5, 5.41) is 10.2. The fourth-order valence-electron chi connectivity index (χ4n) is 2.36. The summed E-state index contributed by atoms with van der Waals surface area (Å²) in [5.41, 5.74) is -0.894. The van der Waals surface area contributed by atoms with Gasteiger partial charge in [-0.15, -0.1) is 0 Å². The molecule has 19 heavy (non-hydrogen) atoms. The molecule has 0 fully saturated rings. The molecule has 0 bridgehead atoms. The molecule has 0 radical (unpaired) electrons. The van der Waals surface area contributed by atoms with E-state index in [4.69, 9.17) is 0 Å². The fourth-order valence-corrected chi connectivity index (χ4v) is 2.36. The van der Waals surface area contributed by atoms with E-state index in [0.29, 0.717) is 12.8 Å². The normalized spacial score (nSPS) is 13.8. The SMILES string of the molecule is CCCC(CCC)C(O)c1cnccc1C(F)(F)F. The fraction of sp³-hybridized carbons (Fsp3) is 0.643. The van der Waals surface area contributed by atoms with E-state index < -0.39 is 17.8 Å². The Bertz CT molecular complexity index is 387. The van der Waals surface area contributed by atoms with E-state index in [0.717, 1.165) is 31.3 Å². The lowest BCUT2D eigenvalue weighted by Crippen LogP contribution is -2.18. The Morgan fingerprint density at radius 1 is 1.21 bits per heavy atom. The van der Waals surface area contributed by atoms with Crippen LogP contribution in [-0.4, -0.2) is 10.1 Å². The molecule has 1 N–H and O–H groups in total. The Morgan fingerprint density at radius 2 is 1.79 bits per heavy atom. The summed E-state index contributed by atoms with van der Waals surface area (Å²) in [6, 6.07) is 0.924. The van der Waals surface area contributed by atoms with Gasteiger partial charge < -0.3 is 5.11 Å². The van der Waals surface area contributed by atoms with Gasteiger partial charge >= 0.3 is 6.18 Å². The molecule has 108 valence electrons. The van der Waals surface area contributed by atoms with Crippen LogP contribution in [-0.2, 0) is 6.18 Å². The van der Waals surface area contributed by atoms with Crippen LogP contribution < -0.4 is 0 Å². The standard InChI is InChI=1S/C14H20F3NO/c1-3-5-10(6-4-2)13(19)11-9-18-8-7-12(11)14(15,16)17/h7-10,13,19H,3-6H2,1-2H3. The lowest BCUT2D eigenvalue weighted by atomic mass is 9.87. The third kappa shape index (κ3) is 4.20. The van der Waals surface area contributed by atoms with Gasteiger partial charge in [-0.05, 0) is 24.8 Å². The predicted molar refractivity (Wildman–Crippen MR) is 67.5 cm³/mol. The van der Waals surface area contributed by atoms with Gasteiger partial charge in [0, 0.05) is 18.0 Å². The zero-order chi connectivity index (χ0) is 14.5. The van der Waals surface area contributed by atoms with Crippen LogP contribution in [0.25, 0.3) is 0 Å². The van der Waals surface area contributed by atoms with Crippen molar-refractivity contribution in [1.82, 2.24) is 4.98 Å². The molecular formula is C14H20F3NO. The molecular weight excluding hydrogens is 255 g/mol. The minimum Gasteiger partial charge on any atom is -0.388 e. The van der Waals surface area contributed by atoms with E-state index >= 15 is 0 Å². The lowest BCUT2D eigenvalue weighted by Gasteiger charge is -2.24. The van der Waals surface area contributed by atoms with Crippen molar-refractivity contribution in [2.45, 2.75) is 51.8 Å². The number of aliphatic hydroxyl groups is 1. The van der Waals surface area contributed by atoms with E-state index in [2.05, 4.69) is 4.98 Å². The average Bonchev–Trinajstić information content (AvgIpc) is 2.37. The molecule has 0 aliphatic carbocycles. The van der Waals surface area contributed by atoms with Crippen molar-refractivity contribution < 1.29 is 18.3 Å². The van der Waals surface area contributed by atoms with Crippen LogP contribution in [0, 0.1) is 5.92 Å². The van der Waals surface area contributed by atoms with Gasteiger partial charge in [-0.3, -0.25) is 4.98 Å². The minimum atomic E-state index is -4.46. The van der Waals surface area contributed by atoms with Crippen LogP contribution in [0.4, 0.5) is 13.2 Å². The Balaban J connectivity index is 3.06. The van der Waals surface area contributed by atoms with E-state index in [1.807, 2.05) is 13.8 Å². The first-order valence-corrected chi connectivity index (χ1v) is 6.60. The molecule has 2 nitrogen and oxygen atoms in total. The number of alkyl halides is 3. The number of rotatable bonds is 6. The molecule has 1 atom stereocenters. The van der Waals surface area contributed by atoms with Crippen molar-refractivity contribution in [2.24, 2.45) is 5.92 Å². The number of halogens is 3. The molecule has 0 amide bonds. The van der Waals surface area contributed by atoms with Crippen LogP contribution in [0.1, 0.15) is 56.8 Å². The highest BCUT2D eigenvalue weighted by Gasteiger charge is 2.36. The summed E-state index contributed by atoms with van der Waals surface area (Å²) in [4.78, 5) is 3.72. The van der Waals surface area contributed by atoms with E-state index in [9.17, 15) is 18.3 Å². The van der Waals surface area contributed by atoms with E-state index in [1.165, 1.54) is 0 Å². The van der Waals surface area contributed by atoms with E-state index in [1.54, 1.807) is 0 Å². The summed E-state index contributed by atoms with van der Waals surface area (Å²) in [6.07, 6.45) is -0.234. The van der Waals surface area contributed by atoms with Crippen LogP contribution in [0.3, 0.4) is 0 Å². The van der Waals surface area contributed by atoms with Gasteiger partial charge in [-0.25, -0.2) is 0 Å². The third-order valence-electron chi connectivity index (χ3n) is 3.24. The van der Waals surface area contributed by atoms with Crippen molar-refractivity contribution in [1.29, 1.82) is 0 Å². The summed E-state index contributed by atoms with van der Waals surface area (Å²) in [6.45, 7) is 3.92. The highest BCUT2D eigenvalue weighted by atomic mass is 19.4. The lowest BCUT2D eigenvalue weighted by molar-refractivity contribution is -0.139. The molecule has 1 aromatic heterocycles. The van der Waals surface area contributed by atoms with Gasteiger partial charge in [-0.2, -0.15) is 13.2 Å². The van der Waals surface area contributed by atoms with Crippen molar-refractivity contribution in [2.75, 3.05) is 0 Å². The first-order chi connectivity index (χ1) is 8.91. The molecule has 0 saturated carbocycles. The second-order valence-corrected chi connectivity index (χ2v) is 4.74. The smallest absolute Gasteiger partial charge is 0.388 e. The Kier molecular flexibility index (Phi) is 5.79. The molecule has 0 saturated heterocycles. The summed E-state index contributed by atoms with van der Waals surface area (Å²) >= 11 is 0. The van der Waals surface area contributed by atoms with Crippen molar-refractivity contribution in [3.63, 3.8) is 0 Å². The maximum Gasteiger partial charge on any atom is 0.416 e. The van der Waals surface area contributed by atoms with Gasteiger partial charge in [-0.1, -0.05) is 26.7 Å². The van der Waals surface area contributed by atoms with Crippen LogP contribution in [0.15, 0.2) is 18.5 Å². The van der Waals surface area contributed by atoms with Crippen molar-refractivity contribution in [3.8, 4) is 0 Å². The molecule has 1 heterocycles. The number of nitrogens with zero attached hydrogens (tertiary/aromatic N) is 1. The second-order valence-electron chi connectivity index (χ2n) is 4.74. The molecule has 1 rings (SSSR count). The molecule has 0 aliphatic rings. The van der Waals surface area contributed by atoms with Gasteiger partial charge in [0.2, 0.25) is 0 Å². The topological polar surface area (TPSA) is 33.1 Å². The highest BCUT2D eigenvalue weighted by molar-refractivity contribution is 5.28. The Labute approximate surface area is 111 Å². The Hall–Kier alpha value is -1.10. The number of pyridine rings is 1. The number of hydrogen-bond acceptors (Lipinski definition) is 2. The highest BCUT2D eigenvalue weighted by Crippen LogP contribution is 2.38. The van der Waals surface area contributed by atoms with Gasteiger partial charge in [0.05, 0.1) is 11.7 Å². The van der Waals surface area contributed by atoms with Gasteiger partial charge in [0.15, 0.2) is 0 Å². The van der Waals surface area contributed by atoms with Crippen LogP contribution in [0.2, 0.25) is 0 Å². The zero-order valence-electron chi connectivity index (χ0n) is 11.2. The molecule has 0 aliphatic heterocycles. The zero-order valence-corrected chi connectivity index (χ0v) is 11.2. The summed E-state index contributed by atoms with van der Waals surface area (Å²) in [5.74, 6) is -0.153. The minimum absolute atomic E-state index is 0.109. The summed E-state index contributed by atoms with van der Waals surface area (Å²) in [7, 11) is 0. The van der Waals surface area contributed by atoms with Crippen molar-refractivity contribution in [3.05, 3.63) is 29.6 Å². The van der Waals surface area contributed by atoms with E-state index in [-0.39, 0.29) is 11.5 Å². The maximum atomic E-state index is 12.9. The van der Waals surface area contributed by atoms with Crippen LogP contribution in [0.5, 0.6) is 0 Å². The quantitative estimate of drug-likeness (QED) is 0.837. The maximum absolute atomic E-state index is 12.9. The molecule has 1 unspecified atom stereocenters.